The van der Waals surface area contributed by atoms with Crippen molar-refractivity contribution < 1.29 is 17.9 Å². The monoisotopic (exact) mass is 413 g/mol. The molecule has 27 heavy (non-hydrogen) atoms. The molecule has 0 fully saturated rings. The van der Waals surface area contributed by atoms with Crippen LogP contribution in [0.4, 0.5) is 11.4 Å². The van der Waals surface area contributed by atoms with E-state index >= 15 is 0 Å². The van der Waals surface area contributed by atoms with Crippen LogP contribution in [0.3, 0.4) is 0 Å². The largest absolute Gasteiger partial charge is 0.494 e. The van der Waals surface area contributed by atoms with E-state index in [4.69, 9.17) is 4.74 Å². The Bertz CT molecular complexity index is 871. The van der Waals surface area contributed by atoms with Gasteiger partial charge in [0.05, 0.1) is 18.0 Å². The second kappa shape index (κ2) is 10.1. The van der Waals surface area contributed by atoms with Crippen LogP contribution in [0.1, 0.15) is 12.5 Å². The van der Waals surface area contributed by atoms with E-state index in [1.165, 1.54) is 6.07 Å². The van der Waals surface area contributed by atoms with Gasteiger partial charge in [0.15, 0.2) is 0 Å². The van der Waals surface area contributed by atoms with Crippen molar-refractivity contribution in [3.05, 3.63) is 48.0 Å². The first-order chi connectivity index (χ1) is 12.4. The quantitative estimate of drug-likeness (QED) is 0.618. The molecule has 9 heteroatoms. The molecular weight excluding hydrogens is 390 g/mol. The number of carbonyl (C=O) groups is 1. The lowest BCUT2D eigenvalue weighted by Gasteiger charge is -2.13. The Labute approximate surface area is 166 Å². The minimum atomic E-state index is -3.80. The van der Waals surface area contributed by atoms with Crippen molar-refractivity contribution in [3.8, 4) is 5.75 Å². The average Bonchev–Trinajstić information content (AvgIpc) is 2.58. The van der Waals surface area contributed by atoms with Crippen LogP contribution in [0.15, 0.2) is 47.4 Å². The number of hydrogen-bond acceptors (Lipinski definition) is 5. The maximum absolute atomic E-state index is 12.7. The average molecular weight is 414 g/mol. The summed E-state index contributed by atoms with van der Waals surface area (Å²) in [5.74, 6) is 0.417. The summed E-state index contributed by atoms with van der Waals surface area (Å²) in [6.45, 7) is 4.25. The zero-order valence-corrected chi connectivity index (χ0v) is 17.0. The molecule has 0 bridgehead atoms. The Morgan fingerprint density at radius 1 is 1.07 bits per heavy atom. The lowest BCUT2D eigenvalue weighted by molar-refractivity contribution is -0.115. The molecule has 0 saturated carbocycles. The number of carbonyl (C=O) groups excluding carboxylic acids is 1. The van der Waals surface area contributed by atoms with Gasteiger partial charge < -0.3 is 15.4 Å². The maximum Gasteiger partial charge on any atom is 0.262 e. The van der Waals surface area contributed by atoms with Crippen LogP contribution in [0.25, 0.3) is 0 Å². The molecule has 2 rings (SSSR count). The molecule has 148 valence electrons. The fourth-order valence-electron chi connectivity index (χ4n) is 2.33. The van der Waals surface area contributed by atoms with Gasteiger partial charge in [0.25, 0.3) is 10.0 Å². The normalized spacial score (nSPS) is 10.6. The number of halogens is 1. The summed E-state index contributed by atoms with van der Waals surface area (Å²) in [6.07, 6.45) is 0. The highest BCUT2D eigenvalue weighted by molar-refractivity contribution is 7.92. The first-order valence-electron chi connectivity index (χ1n) is 8.16. The molecule has 0 spiro atoms. The van der Waals surface area contributed by atoms with Crippen LogP contribution in [0.5, 0.6) is 5.75 Å². The van der Waals surface area contributed by atoms with Gasteiger partial charge >= 0.3 is 0 Å². The van der Waals surface area contributed by atoms with Crippen LogP contribution < -0.4 is 20.1 Å². The molecular formula is C18H24ClN3O4S. The second-order valence-electron chi connectivity index (χ2n) is 5.62. The summed E-state index contributed by atoms with van der Waals surface area (Å²) in [5.41, 5.74) is 1.43. The lowest BCUT2D eigenvalue weighted by atomic mass is 10.2. The zero-order valence-electron chi connectivity index (χ0n) is 15.4. The first-order valence-corrected chi connectivity index (χ1v) is 9.65. The van der Waals surface area contributed by atoms with Crippen LogP contribution in [-0.4, -0.2) is 34.5 Å². The number of rotatable bonds is 8. The third kappa shape index (κ3) is 6.42. The van der Waals surface area contributed by atoms with Crippen molar-refractivity contribution in [3.63, 3.8) is 0 Å². The van der Waals surface area contributed by atoms with Gasteiger partial charge in [-0.3, -0.25) is 9.52 Å². The molecule has 0 aliphatic carbocycles. The van der Waals surface area contributed by atoms with Crippen molar-refractivity contribution >= 4 is 39.7 Å². The summed E-state index contributed by atoms with van der Waals surface area (Å²) in [7, 11) is -2.14. The van der Waals surface area contributed by atoms with Gasteiger partial charge in [-0.05, 0) is 62.9 Å². The molecule has 0 aliphatic rings. The smallest absolute Gasteiger partial charge is 0.262 e. The van der Waals surface area contributed by atoms with Gasteiger partial charge in [0.2, 0.25) is 5.91 Å². The third-order valence-corrected chi connectivity index (χ3v) is 5.04. The summed E-state index contributed by atoms with van der Waals surface area (Å²) in [5, 5.41) is 5.39. The van der Waals surface area contributed by atoms with Crippen molar-refractivity contribution in [2.75, 3.05) is 30.2 Å². The predicted octanol–water partition coefficient (Wildman–Crippen LogP) is 2.77. The summed E-state index contributed by atoms with van der Waals surface area (Å²) < 4.78 is 33.3. The predicted molar refractivity (Wildman–Crippen MR) is 109 cm³/mol. The number of anilines is 2. The molecule has 0 radical (unpaired) electrons. The molecule has 2 aromatic carbocycles. The molecule has 0 atom stereocenters. The van der Waals surface area contributed by atoms with E-state index in [9.17, 15) is 13.2 Å². The fourth-order valence-corrected chi connectivity index (χ4v) is 3.66. The summed E-state index contributed by atoms with van der Waals surface area (Å²) in [6, 6.07) is 11.4. The minimum absolute atomic E-state index is 0. The van der Waals surface area contributed by atoms with E-state index in [1.807, 2.05) is 6.92 Å². The van der Waals surface area contributed by atoms with Crippen molar-refractivity contribution in [1.29, 1.82) is 0 Å². The topological polar surface area (TPSA) is 96.5 Å². The highest BCUT2D eigenvalue weighted by Gasteiger charge is 2.18. The number of ether oxygens (including phenoxy) is 1. The SMILES string of the molecule is CCOc1ccc(NS(=O)(=O)c2cc(NC(=O)CNC)ccc2C)cc1.Cl. The molecule has 0 aliphatic heterocycles. The molecule has 7 nitrogen and oxygen atoms in total. The first kappa shape index (κ1) is 22.8. The third-order valence-electron chi connectivity index (χ3n) is 3.52. The van der Waals surface area contributed by atoms with E-state index in [0.29, 0.717) is 29.3 Å². The number of amides is 1. The maximum atomic E-state index is 12.7. The Hall–Kier alpha value is -2.29. The van der Waals surface area contributed by atoms with Crippen LogP contribution in [0, 0.1) is 6.92 Å². The van der Waals surface area contributed by atoms with Gasteiger partial charge in [0.1, 0.15) is 5.75 Å². The van der Waals surface area contributed by atoms with E-state index < -0.39 is 10.0 Å². The van der Waals surface area contributed by atoms with Crippen LogP contribution in [-0.2, 0) is 14.8 Å². The number of benzene rings is 2. The fraction of sp³-hybridized carbons (Fsp3) is 0.278. The Kier molecular flexibility index (Phi) is 8.55. The van der Waals surface area contributed by atoms with Crippen molar-refractivity contribution in [1.82, 2.24) is 5.32 Å². The van der Waals surface area contributed by atoms with Crippen LogP contribution in [0.2, 0.25) is 0 Å². The molecule has 0 aromatic heterocycles. The zero-order chi connectivity index (χ0) is 19.2. The second-order valence-corrected chi connectivity index (χ2v) is 7.27. The Balaban J connectivity index is 0.00000364. The number of aryl methyl sites for hydroxylation is 1. The standard InChI is InChI=1S/C18H23N3O4S.ClH/c1-4-25-16-9-7-14(8-10-16)21-26(23,24)17-11-15(6-5-13(17)2)20-18(22)12-19-3;/h5-11,19,21H,4,12H2,1-3H3,(H,20,22);1H. The number of hydrogen-bond donors (Lipinski definition) is 3. The van der Waals surface area contributed by atoms with E-state index in [0.717, 1.165) is 0 Å². The van der Waals surface area contributed by atoms with E-state index in [-0.39, 0.29) is 29.8 Å². The lowest BCUT2D eigenvalue weighted by Crippen LogP contribution is -2.25. The molecule has 2 aromatic rings. The van der Waals surface area contributed by atoms with Crippen LogP contribution >= 0.6 is 12.4 Å². The summed E-state index contributed by atoms with van der Waals surface area (Å²) >= 11 is 0. The molecule has 0 saturated heterocycles. The minimum Gasteiger partial charge on any atom is -0.494 e. The molecule has 0 heterocycles. The number of sulfonamides is 1. The van der Waals surface area contributed by atoms with E-state index in [2.05, 4.69) is 15.4 Å². The van der Waals surface area contributed by atoms with E-state index in [1.54, 1.807) is 50.4 Å². The van der Waals surface area contributed by atoms with Crippen molar-refractivity contribution in [2.24, 2.45) is 0 Å². The summed E-state index contributed by atoms with van der Waals surface area (Å²) in [4.78, 5) is 11.8. The van der Waals surface area contributed by atoms with Gasteiger partial charge in [-0.2, -0.15) is 0 Å². The Morgan fingerprint density at radius 3 is 2.30 bits per heavy atom. The van der Waals surface area contributed by atoms with Gasteiger partial charge in [-0.15, -0.1) is 12.4 Å². The van der Waals surface area contributed by atoms with Gasteiger partial charge in [0, 0.05) is 11.4 Å². The van der Waals surface area contributed by atoms with Gasteiger partial charge in [-0.1, -0.05) is 6.07 Å². The molecule has 3 N–H and O–H groups in total. The highest BCUT2D eigenvalue weighted by atomic mass is 35.5. The Morgan fingerprint density at radius 2 is 1.70 bits per heavy atom. The molecule has 0 unspecified atom stereocenters. The highest BCUT2D eigenvalue weighted by Crippen LogP contribution is 2.24. The molecule has 1 amide bonds. The number of nitrogens with one attached hydrogen (secondary N) is 3. The number of likely N-dealkylation sites (N-methyl/N-ethyl adjacent to an activating group) is 1. The van der Waals surface area contributed by atoms with Crippen molar-refractivity contribution in [2.45, 2.75) is 18.7 Å². The van der Waals surface area contributed by atoms with Gasteiger partial charge in [-0.25, -0.2) is 8.42 Å².